The molecule has 1 aliphatic heterocycles. The number of nitrogens with zero attached hydrogens (tertiary/aromatic N) is 5. The number of aromatic nitrogens is 3. The fourth-order valence-corrected chi connectivity index (χ4v) is 2.89. The molecule has 1 saturated carbocycles. The summed E-state index contributed by atoms with van der Waals surface area (Å²) in [5.74, 6) is 0.522. The molecule has 0 unspecified atom stereocenters. The molecule has 2 heterocycles. The van der Waals surface area contributed by atoms with Crippen LogP contribution in [0.2, 0.25) is 0 Å². The van der Waals surface area contributed by atoms with Crippen LogP contribution in [0.15, 0.2) is 0 Å². The maximum Gasteiger partial charge on any atom is 0.186 e. The lowest BCUT2D eigenvalue weighted by Crippen LogP contribution is -2.26. The van der Waals surface area contributed by atoms with Crippen molar-refractivity contribution >= 4 is 0 Å². The van der Waals surface area contributed by atoms with E-state index in [-0.39, 0.29) is 0 Å². The highest BCUT2D eigenvalue weighted by atomic mass is 15.4. The third-order valence-electron chi connectivity index (χ3n) is 4.20. The average Bonchev–Trinajstić information content (AvgIpc) is 2.93. The minimum atomic E-state index is 0.522. The van der Waals surface area contributed by atoms with E-state index in [0.29, 0.717) is 11.6 Å². The van der Waals surface area contributed by atoms with Gasteiger partial charge in [0.15, 0.2) is 5.69 Å². The van der Waals surface area contributed by atoms with Crippen molar-refractivity contribution in [1.82, 2.24) is 19.9 Å². The second-order valence-electron chi connectivity index (χ2n) is 5.33. The zero-order valence-electron chi connectivity index (χ0n) is 10.7. The van der Waals surface area contributed by atoms with Crippen molar-refractivity contribution in [3.63, 3.8) is 0 Å². The Balaban J connectivity index is 1.70. The average molecular weight is 245 g/mol. The number of nitriles is 1. The summed E-state index contributed by atoms with van der Waals surface area (Å²) in [6, 6.07) is 2.18. The standard InChI is InChI=1S/C13H19N5/c14-10-12-13(11-4-3-5-11)18(16-15-12)9-8-17-6-1-2-7-17/h11H,1-9H2. The Labute approximate surface area is 107 Å². The molecule has 3 rings (SSSR count). The Morgan fingerprint density at radius 3 is 2.56 bits per heavy atom. The summed E-state index contributed by atoms with van der Waals surface area (Å²) in [6.07, 6.45) is 6.27. The summed E-state index contributed by atoms with van der Waals surface area (Å²) in [6.45, 7) is 4.32. The van der Waals surface area contributed by atoms with Gasteiger partial charge in [0, 0.05) is 12.5 Å². The van der Waals surface area contributed by atoms with Crippen LogP contribution in [-0.4, -0.2) is 39.5 Å². The SMILES string of the molecule is N#Cc1nnn(CCN2CCCC2)c1C1CCC1. The van der Waals surface area contributed by atoms with Gasteiger partial charge in [-0.2, -0.15) is 5.26 Å². The van der Waals surface area contributed by atoms with E-state index in [4.69, 9.17) is 5.26 Å². The fraction of sp³-hybridized carbons (Fsp3) is 0.769. The molecule has 5 heteroatoms. The predicted octanol–water partition coefficient (Wildman–Crippen LogP) is 1.51. The Morgan fingerprint density at radius 2 is 1.94 bits per heavy atom. The molecule has 1 saturated heterocycles. The van der Waals surface area contributed by atoms with E-state index < -0.39 is 0 Å². The van der Waals surface area contributed by atoms with Crippen LogP contribution in [0, 0.1) is 11.3 Å². The Bertz CT molecular complexity index is 448. The molecule has 18 heavy (non-hydrogen) atoms. The molecule has 1 aromatic rings. The summed E-state index contributed by atoms with van der Waals surface area (Å²) < 4.78 is 1.97. The van der Waals surface area contributed by atoms with Gasteiger partial charge in [0.25, 0.3) is 0 Å². The number of hydrogen-bond donors (Lipinski definition) is 0. The lowest BCUT2D eigenvalue weighted by molar-refractivity contribution is 0.303. The molecule has 1 aliphatic carbocycles. The van der Waals surface area contributed by atoms with E-state index >= 15 is 0 Å². The molecule has 96 valence electrons. The van der Waals surface area contributed by atoms with E-state index in [9.17, 15) is 0 Å². The van der Waals surface area contributed by atoms with Gasteiger partial charge >= 0.3 is 0 Å². The Morgan fingerprint density at radius 1 is 1.17 bits per heavy atom. The first-order valence-electron chi connectivity index (χ1n) is 6.94. The van der Waals surface area contributed by atoms with Crippen molar-refractivity contribution in [3.05, 3.63) is 11.4 Å². The van der Waals surface area contributed by atoms with Crippen LogP contribution in [0.25, 0.3) is 0 Å². The number of hydrogen-bond acceptors (Lipinski definition) is 4. The zero-order chi connectivity index (χ0) is 12.4. The maximum absolute atomic E-state index is 9.10. The third kappa shape index (κ3) is 2.13. The topological polar surface area (TPSA) is 57.7 Å². The molecule has 0 N–H and O–H groups in total. The van der Waals surface area contributed by atoms with E-state index in [1.54, 1.807) is 0 Å². The summed E-state index contributed by atoms with van der Waals surface area (Å²) in [4.78, 5) is 2.47. The lowest BCUT2D eigenvalue weighted by atomic mass is 9.82. The molecule has 0 aromatic carbocycles. The van der Waals surface area contributed by atoms with Gasteiger partial charge in [-0.1, -0.05) is 11.6 Å². The van der Waals surface area contributed by atoms with Crippen LogP contribution in [0.5, 0.6) is 0 Å². The van der Waals surface area contributed by atoms with Crippen molar-refractivity contribution in [3.8, 4) is 6.07 Å². The molecule has 0 atom stereocenters. The first kappa shape index (κ1) is 11.7. The summed E-state index contributed by atoms with van der Waals surface area (Å²) in [5, 5.41) is 17.3. The van der Waals surface area contributed by atoms with Crippen LogP contribution >= 0.6 is 0 Å². The highest BCUT2D eigenvalue weighted by molar-refractivity contribution is 5.29. The molecular formula is C13H19N5. The Kier molecular flexibility index (Phi) is 3.28. The van der Waals surface area contributed by atoms with E-state index in [1.807, 2.05) is 4.68 Å². The van der Waals surface area contributed by atoms with Crippen molar-refractivity contribution in [1.29, 1.82) is 5.26 Å². The van der Waals surface area contributed by atoms with Crippen LogP contribution in [0.3, 0.4) is 0 Å². The Hall–Kier alpha value is -1.41. The smallest absolute Gasteiger partial charge is 0.186 e. The molecule has 2 aliphatic rings. The van der Waals surface area contributed by atoms with Crippen LogP contribution in [0.1, 0.15) is 49.4 Å². The van der Waals surface area contributed by atoms with Gasteiger partial charge in [-0.15, -0.1) is 5.10 Å². The fourth-order valence-electron chi connectivity index (χ4n) is 2.89. The molecule has 0 amide bonds. The highest BCUT2D eigenvalue weighted by Gasteiger charge is 2.27. The van der Waals surface area contributed by atoms with Gasteiger partial charge in [0.2, 0.25) is 0 Å². The van der Waals surface area contributed by atoms with E-state index in [1.165, 1.54) is 45.2 Å². The molecule has 0 spiro atoms. The minimum absolute atomic E-state index is 0.522. The van der Waals surface area contributed by atoms with Gasteiger partial charge in [-0.25, -0.2) is 4.68 Å². The second-order valence-corrected chi connectivity index (χ2v) is 5.33. The molecule has 0 bridgehead atoms. The van der Waals surface area contributed by atoms with Crippen molar-refractivity contribution in [2.24, 2.45) is 0 Å². The van der Waals surface area contributed by atoms with Crippen molar-refractivity contribution in [2.45, 2.75) is 44.6 Å². The van der Waals surface area contributed by atoms with Gasteiger partial charge < -0.3 is 4.90 Å². The third-order valence-corrected chi connectivity index (χ3v) is 4.20. The van der Waals surface area contributed by atoms with Crippen LogP contribution < -0.4 is 0 Å². The van der Waals surface area contributed by atoms with Gasteiger partial charge in [0.05, 0.1) is 12.2 Å². The number of rotatable bonds is 4. The quantitative estimate of drug-likeness (QED) is 0.807. The maximum atomic E-state index is 9.10. The summed E-state index contributed by atoms with van der Waals surface area (Å²) >= 11 is 0. The van der Waals surface area contributed by atoms with E-state index in [0.717, 1.165) is 18.8 Å². The summed E-state index contributed by atoms with van der Waals surface area (Å²) in [5.41, 5.74) is 1.63. The monoisotopic (exact) mass is 245 g/mol. The largest absolute Gasteiger partial charge is 0.301 e. The number of likely N-dealkylation sites (tertiary alicyclic amines) is 1. The van der Waals surface area contributed by atoms with Crippen molar-refractivity contribution < 1.29 is 0 Å². The van der Waals surface area contributed by atoms with Gasteiger partial charge in [-0.05, 0) is 38.8 Å². The lowest BCUT2D eigenvalue weighted by Gasteiger charge is -2.26. The van der Waals surface area contributed by atoms with Gasteiger partial charge in [-0.3, -0.25) is 0 Å². The van der Waals surface area contributed by atoms with Crippen LogP contribution in [0.4, 0.5) is 0 Å². The molecule has 0 radical (unpaired) electrons. The molecular weight excluding hydrogens is 226 g/mol. The highest BCUT2D eigenvalue weighted by Crippen LogP contribution is 2.37. The molecule has 5 nitrogen and oxygen atoms in total. The van der Waals surface area contributed by atoms with E-state index in [2.05, 4.69) is 21.3 Å². The first-order chi connectivity index (χ1) is 8.88. The predicted molar refractivity (Wildman–Crippen MR) is 67.0 cm³/mol. The zero-order valence-corrected chi connectivity index (χ0v) is 10.7. The molecule has 1 aromatic heterocycles. The van der Waals surface area contributed by atoms with Gasteiger partial charge in [0.1, 0.15) is 6.07 Å². The normalized spacial score (nSPS) is 20.8. The van der Waals surface area contributed by atoms with Crippen LogP contribution in [-0.2, 0) is 6.54 Å². The molecule has 2 fully saturated rings. The second kappa shape index (κ2) is 5.07. The summed E-state index contributed by atoms with van der Waals surface area (Å²) in [7, 11) is 0. The van der Waals surface area contributed by atoms with Crippen molar-refractivity contribution in [2.75, 3.05) is 19.6 Å². The first-order valence-corrected chi connectivity index (χ1v) is 6.94. The minimum Gasteiger partial charge on any atom is -0.301 e.